The Labute approximate surface area is 109 Å². The molecule has 3 rings (SSSR count). The van der Waals surface area contributed by atoms with Gasteiger partial charge in [-0.3, -0.25) is 4.98 Å². The molecule has 6 heteroatoms. The molecule has 1 saturated carbocycles. The van der Waals surface area contributed by atoms with Crippen molar-refractivity contribution in [2.45, 2.75) is 18.9 Å². The van der Waals surface area contributed by atoms with E-state index in [-0.39, 0.29) is 5.56 Å². The quantitative estimate of drug-likeness (QED) is 0.867. The molecule has 96 valence electrons. The summed E-state index contributed by atoms with van der Waals surface area (Å²) in [6.45, 7) is 0. The van der Waals surface area contributed by atoms with Gasteiger partial charge in [0.1, 0.15) is 11.4 Å². The zero-order valence-electron chi connectivity index (χ0n) is 10.1. The summed E-state index contributed by atoms with van der Waals surface area (Å²) in [5, 5.41) is 12.3. The number of rotatable bonds is 4. The predicted molar refractivity (Wildman–Crippen MR) is 68.9 cm³/mol. The number of nitrogens with one attached hydrogen (secondary N) is 1. The molecule has 2 aromatic rings. The van der Waals surface area contributed by atoms with Crippen LogP contribution in [-0.2, 0) is 0 Å². The lowest BCUT2D eigenvalue weighted by molar-refractivity contribution is 0.0697. The molecule has 0 spiro atoms. The van der Waals surface area contributed by atoms with Crippen LogP contribution in [0.4, 0.5) is 5.82 Å². The average Bonchev–Trinajstić information content (AvgIpc) is 3.23. The van der Waals surface area contributed by atoms with E-state index in [0.29, 0.717) is 17.7 Å². The van der Waals surface area contributed by atoms with Crippen LogP contribution in [0, 0.1) is 0 Å². The molecule has 6 nitrogen and oxygen atoms in total. The number of pyridine rings is 1. The molecule has 2 heterocycles. The van der Waals surface area contributed by atoms with Gasteiger partial charge in [0.05, 0.1) is 0 Å². The Balaban J connectivity index is 2.00. The smallest absolute Gasteiger partial charge is 0.341 e. The Hall–Kier alpha value is -2.50. The van der Waals surface area contributed by atoms with Crippen molar-refractivity contribution in [3.05, 3.63) is 36.3 Å². The van der Waals surface area contributed by atoms with Crippen LogP contribution in [0.5, 0.6) is 0 Å². The summed E-state index contributed by atoms with van der Waals surface area (Å²) in [6, 6.07) is 3.95. The highest BCUT2D eigenvalue weighted by Crippen LogP contribution is 2.26. The van der Waals surface area contributed by atoms with Gasteiger partial charge >= 0.3 is 5.97 Å². The lowest BCUT2D eigenvalue weighted by Gasteiger charge is -2.08. The summed E-state index contributed by atoms with van der Waals surface area (Å²) in [4.78, 5) is 23.5. The number of hydrogen-bond donors (Lipinski definition) is 2. The fourth-order valence-electron chi connectivity index (χ4n) is 1.70. The van der Waals surface area contributed by atoms with Gasteiger partial charge in [-0.05, 0) is 25.0 Å². The first-order chi connectivity index (χ1) is 9.24. The molecule has 0 aliphatic heterocycles. The molecule has 0 aromatic carbocycles. The van der Waals surface area contributed by atoms with Crippen LogP contribution < -0.4 is 5.32 Å². The first-order valence-electron chi connectivity index (χ1n) is 6.01. The van der Waals surface area contributed by atoms with Crippen molar-refractivity contribution < 1.29 is 9.90 Å². The summed E-state index contributed by atoms with van der Waals surface area (Å²) in [6.07, 6.45) is 6.74. The fourth-order valence-corrected chi connectivity index (χ4v) is 1.70. The molecular formula is C13H12N4O2. The van der Waals surface area contributed by atoms with E-state index in [1.54, 1.807) is 18.5 Å². The number of carbonyl (C=O) groups is 1. The molecule has 1 fully saturated rings. The zero-order valence-corrected chi connectivity index (χ0v) is 10.1. The van der Waals surface area contributed by atoms with E-state index >= 15 is 0 Å². The fraction of sp³-hybridized carbons (Fsp3) is 0.231. The van der Waals surface area contributed by atoms with Crippen LogP contribution in [0.2, 0.25) is 0 Å². The van der Waals surface area contributed by atoms with E-state index in [9.17, 15) is 4.79 Å². The second-order valence-corrected chi connectivity index (χ2v) is 4.42. The van der Waals surface area contributed by atoms with Gasteiger partial charge in [0.25, 0.3) is 0 Å². The number of nitrogens with zero attached hydrogens (tertiary/aromatic N) is 3. The van der Waals surface area contributed by atoms with Gasteiger partial charge < -0.3 is 10.4 Å². The van der Waals surface area contributed by atoms with Crippen LogP contribution in [0.25, 0.3) is 11.4 Å². The predicted octanol–water partition coefficient (Wildman–Crippen LogP) is 1.81. The van der Waals surface area contributed by atoms with E-state index in [1.165, 1.54) is 6.20 Å². The average molecular weight is 256 g/mol. The van der Waals surface area contributed by atoms with Crippen molar-refractivity contribution in [3.63, 3.8) is 0 Å². The van der Waals surface area contributed by atoms with E-state index in [1.807, 2.05) is 6.07 Å². The number of aromatic nitrogens is 3. The van der Waals surface area contributed by atoms with Gasteiger partial charge in [-0.1, -0.05) is 0 Å². The lowest BCUT2D eigenvalue weighted by atomic mass is 10.2. The molecular weight excluding hydrogens is 244 g/mol. The minimum Gasteiger partial charge on any atom is -0.477 e. The van der Waals surface area contributed by atoms with Crippen molar-refractivity contribution in [2.75, 3.05) is 5.32 Å². The van der Waals surface area contributed by atoms with E-state index in [2.05, 4.69) is 20.3 Å². The first kappa shape index (κ1) is 11.6. The van der Waals surface area contributed by atoms with Crippen molar-refractivity contribution in [1.29, 1.82) is 0 Å². The number of carboxylic acid groups (broad SMARTS) is 1. The zero-order chi connectivity index (χ0) is 13.2. The van der Waals surface area contributed by atoms with Gasteiger partial charge in [0.2, 0.25) is 0 Å². The van der Waals surface area contributed by atoms with Crippen LogP contribution >= 0.6 is 0 Å². The Kier molecular flexibility index (Phi) is 2.83. The van der Waals surface area contributed by atoms with Crippen LogP contribution in [0.3, 0.4) is 0 Å². The third-order valence-electron chi connectivity index (χ3n) is 2.86. The van der Waals surface area contributed by atoms with Gasteiger partial charge in [0.15, 0.2) is 5.82 Å². The third-order valence-corrected chi connectivity index (χ3v) is 2.86. The Morgan fingerprint density at radius 3 is 2.84 bits per heavy atom. The normalized spacial score (nSPS) is 14.1. The molecule has 0 radical (unpaired) electrons. The maximum atomic E-state index is 11.1. The molecule has 0 bridgehead atoms. The summed E-state index contributed by atoms with van der Waals surface area (Å²) < 4.78 is 0. The molecule has 0 unspecified atom stereocenters. The number of anilines is 1. The molecule has 2 N–H and O–H groups in total. The maximum absolute atomic E-state index is 11.1. The molecule has 0 atom stereocenters. The molecule has 0 saturated heterocycles. The van der Waals surface area contributed by atoms with Crippen molar-refractivity contribution in [3.8, 4) is 11.4 Å². The Bertz CT molecular complexity index is 611. The van der Waals surface area contributed by atoms with Crippen LogP contribution in [0.1, 0.15) is 23.2 Å². The monoisotopic (exact) mass is 256 g/mol. The first-order valence-corrected chi connectivity index (χ1v) is 6.01. The summed E-state index contributed by atoms with van der Waals surface area (Å²) >= 11 is 0. The molecule has 1 aliphatic carbocycles. The van der Waals surface area contributed by atoms with Gasteiger partial charge in [-0.2, -0.15) is 0 Å². The minimum absolute atomic E-state index is 0.0968. The standard InChI is InChI=1S/C13H12N4O2/c18-13(19)10-7-15-11(8-2-1-5-14-6-8)17-12(10)16-9-3-4-9/h1-2,5-7,9H,3-4H2,(H,18,19)(H,15,16,17). The topological polar surface area (TPSA) is 88.0 Å². The second-order valence-electron chi connectivity index (χ2n) is 4.42. The van der Waals surface area contributed by atoms with Crippen molar-refractivity contribution >= 4 is 11.8 Å². The Morgan fingerprint density at radius 2 is 2.21 bits per heavy atom. The largest absolute Gasteiger partial charge is 0.477 e. The van der Waals surface area contributed by atoms with Crippen molar-refractivity contribution in [2.24, 2.45) is 0 Å². The van der Waals surface area contributed by atoms with Gasteiger partial charge in [0, 0.05) is 30.2 Å². The molecule has 19 heavy (non-hydrogen) atoms. The minimum atomic E-state index is -1.03. The lowest BCUT2D eigenvalue weighted by Crippen LogP contribution is -2.11. The number of aromatic carboxylic acids is 1. The van der Waals surface area contributed by atoms with Crippen molar-refractivity contribution in [1.82, 2.24) is 15.0 Å². The highest BCUT2D eigenvalue weighted by atomic mass is 16.4. The highest BCUT2D eigenvalue weighted by Gasteiger charge is 2.24. The van der Waals surface area contributed by atoms with E-state index in [4.69, 9.17) is 5.11 Å². The maximum Gasteiger partial charge on any atom is 0.341 e. The SMILES string of the molecule is O=C(O)c1cnc(-c2cccnc2)nc1NC1CC1. The third kappa shape index (κ3) is 2.52. The molecule has 2 aromatic heterocycles. The second kappa shape index (κ2) is 4.64. The number of hydrogen-bond acceptors (Lipinski definition) is 5. The summed E-state index contributed by atoms with van der Waals surface area (Å²) in [5.41, 5.74) is 0.859. The van der Waals surface area contributed by atoms with Gasteiger partial charge in [-0.25, -0.2) is 14.8 Å². The summed E-state index contributed by atoms with van der Waals surface area (Å²) in [7, 11) is 0. The van der Waals surface area contributed by atoms with Gasteiger partial charge in [-0.15, -0.1) is 0 Å². The molecule has 0 amide bonds. The van der Waals surface area contributed by atoms with E-state index < -0.39 is 5.97 Å². The molecule has 1 aliphatic rings. The Morgan fingerprint density at radius 1 is 1.37 bits per heavy atom. The number of carboxylic acids is 1. The van der Waals surface area contributed by atoms with Crippen LogP contribution in [-0.4, -0.2) is 32.1 Å². The summed E-state index contributed by atoms with van der Waals surface area (Å²) in [5.74, 6) is -0.175. The van der Waals surface area contributed by atoms with E-state index in [0.717, 1.165) is 18.4 Å². The van der Waals surface area contributed by atoms with Crippen LogP contribution in [0.15, 0.2) is 30.7 Å². The highest BCUT2D eigenvalue weighted by molar-refractivity contribution is 5.93.